The molecule has 2 aliphatic rings. The van der Waals surface area contributed by atoms with E-state index in [-0.39, 0.29) is 0 Å². The molecule has 0 radical (unpaired) electrons. The summed E-state index contributed by atoms with van der Waals surface area (Å²) >= 11 is 4.26. The predicted octanol–water partition coefficient (Wildman–Crippen LogP) is 2.98. The molecule has 2 aromatic rings. The van der Waals surface area contributed by atoms with Gasteiger partial charge in [0.25, 0.3) is 5.95 Å². The smallest absolute Gasteiger partial charge is 0.254 e. The van der Waals surface area contributed by atoms with Crippen molar-refractivity contribution >= 4 is 36.7 Å². The SMILES string of the molecule is C=CC1CCN(c2nc(C)nc(/N=C/C3CCN(c4nc(C)nc(S)n4)CC3)n2)CC1. The predicted molar refractivity (Wildman–Crippen MR) is 125 cm³/mol. The molecule has 0 spiro atoms. The molecule has 2 aliphatic heterocycles. The molecule has 2 aromatic heterocycles. The van der Waals surface area contributed by atoms with Gasteiger partial charge >= 0.3 is 0 Å². The van der Waals surface area contributed by atoms with Crippen LogP contribution in [0.5, 0.6) is 0 Å². The molecule has 2 saturated heterocycles. The van der Waals surface area contributed by atoms with E-state index in [0.717, 1.165) is 57.8 Å². The van der Waals surface area contributed by atoms with Crippen LogP contribution in [-0.4, -0.2) is 62.3 Å². The molecule has 0 bridgehead atoms. The van der Waals surface area contributed by atoms with Crippen LogP contribution in [0.2, 0.25) is 0 Å². The topological polar surface area (TPSA) is 96.2 Å². The second-order valence-corrected chi connectivity index (χ2v) is 8.53. The second-order valence-electron chi connectivity index (χ2n) is 8.13. The molecule has 0 aromatic carbocycles. The minimum Gasteiger partial charge on any atom is -0.341 e. The summed E-state index contributed by atoms with van der Waals surface area (Å²) in [6, 6.07) is 0. The highest BCUT2D eigenvalue weighted by atomic mass is 32.1. The highest BCUT2D eigenvalue weighted by molar-refractivity contribution is 7.80. The summed E-state index contributed by atoms with van der Waals surface area (Å²) in [4.78, 5) is 35.5. The van der Waals surface area contributed by atoms with E-state index in [1.807, 2.05) is 20.1 Å². The monoisotopic (exact) mass is 439 g/mol. The highest BCUT2D eigenvalue weighted by Gasteiger charge is 2.22. The third-order valence-corrected chi connectivity index (χ3v) is 6.03. The summed E-state index contributed by atoms with van der Waals surface area (Å²) in [7, 11) is 0. The molecule has 4 heterocycles. The number of anilines is 2. The normalized spacial score (nSPS) is 18.7. The molecular formula is C21H29N9S. The summed E-state index contributed by atoms with van der Waals surface area (Å²) in [5.74, 6) is 4.26. The summed E-state index contributed by atoms with van der Waals surface area (Å²) < 4.78 is 0. The van der Waals surface area contributed by atoms with Crippen molar-refractivity contribution in [2.45, 2.75) is 44.7 Å². The maximum Gasteiger partial charge on any atom is 0.254 e. The van der Waals surface area contributed by atoms with E-state index in [1.165, 1.54) is 0 Å². The van der Waals surface area contributed by atoms with Gasteiger partial charge in [0.15, 0.2) is 5.16 Å². The molecule has 0 aliphatic carbocycles. The van der Waals surface area contributed by atoms with Gasteiger partial charge in [-0.25, -0.2) is 9.98 Å². The maximum absolute atomic E-state index is 4.61. The van der Waals surface area contributed by atoms with Crippen molar-refractivity contribution in [3.63, 3.8) is 0 Å². The first-order chi connectivity index (χ1) is 15.0. The van der Waals surface area contributed by atoms with Crippen LogP contribution in [0.15, 0.2) is 22.8 Å². The van der Waals surface area contributed by atoms with E-state index >= 15 is 0 Å². The summed E-state index contributed by atoms with van der Waals surface area (Å²) in [6.45, 7) is 11.3. The first-order valence-electron chi connectivity index (χ1n) is 10.8. The Morgan fingerprint density at radius 3 is 1.94 bits per heavy atom. The third kappa shape index (κ3) is 5.55. The quantitative estimate of drug-likeness (QED) is 0.431. The molecule has 10 heteroatoms. The summed E-state index contributed by atoms with van der Waals surface area (Å²) in [6.07, 6.45) is 8.16. The number of hydrogen-bond acceptors (Lipinski definition) is 10. The van der Waals surface area contributed by atoms with E-state index in [4.69, 9.17) is 0 Å². The van der Waals surface area contributed by atoms with Crippen LogP contribution in [-0.2, 0) is 0 Å². The third-order valence-electron chi connectivity index (χ3n) is 5.83. The van der Waals surface area contributed by atoms with Gasteiger partial charge < -0.3 is 9.80 Å². The van der Waals surface area contributed by atoms with E-state index in [0.29, 0.717) is 40.5 Å². The van der Waals surface area contributed by atoms with Crippen molar-refractivity contribution < 1.29 is 0 Å². The molecule has 0 unspecified atom stereocenters. The van der Waals surface area contributed by atoms with Crippen molar-refractivity contribution in [3.05, 3.63) is 24.3 Å². The Kier molecular flexibility index (Phi) is 6.74. The van der Waals surface area contributed by atoms with Crippen LogP contribution in [0, 0.1) is 25.7 Å². The van der Waals surface area contributed by atoms with Crippen LogP contribution in [0.3, 0.4) is 0 Å². The molecule has 4 rings (SSSR count). The van der Waals surface area contributed by atoms with Gasteiger partial charge in [-0.15, -0.1) is 19.2 Å². The number of allylic oxidation sites excluding steroid dienone is 1. The van der Waals surface area contributed by atoms with Gasteiger partial charge in [-0.05, 0) is 51.4 Å². The molecule has 0 amide bonds. The Morgan fingerprint density at radius 1 is 0.806 bits per heavy atom. The summed E-state index contributed by atoms with van der Waals surface area (Å²) in [5.41, 5.74) is 0. The van der Waals surface area contributed by atoms with Crippen LogP contribution in [0.1, 0.15) is 37.3 Å². The lowest BCUT2D eigenvalue weighted by Crippen LogP contribution is -2.35. The number of aryl methyl sites for hydroxylation is 2. The Bertz CT molecular complexity index is 928. The first-order valence-corrected chi connectivity index (χ1v) is 11.3. The highest BCUT2D eigenvalue weighted by Crippen LogP contribution is 2.23. The fourth-order valence-electron chi connectivity index (χ4n) is 4.00. The Labute approximate surface area is 188 Å². The lowest BCUT2D eigenvalue weighted by atomic mass is 9.97. The van der Waals surface area contributed by atoms with Crippen molar-refractivity contribution in [1.82, 2.24) is 29.9 Å². The number of rotatable bonds is 5. The van der Waals surface area contributed by atoms with E-state index in [9.17, 15) is 0 Å². The molecule has 0 atom stereocenters. The number of thiol groups is 1. The van der Waals surface area contributed by atoms with Gasteiger partial charge in [0.1, 0.15) is 11.6 Å². The maximum atomic E-state index is 4.61. The zero-order valence-electron chi connectivity index (χ0n) is 18.1. The number of aromatic nitrogens is 6. The number of piperidine rings is 2. The molecule has 9 nitrogen and oxygen atoms in total. The number of hydrogen-bond donors (Lipinski definition) is 1. The number of aliphatic imine (C=N–C) groups is 1. The van der Waals surface area contributed by atoms with E-state index in [1.54, 1.807) is 0 Å². The van der Waals surface area contributed by atoms with Gasteiger partial charge in [-0.2, -0.15) is 24.9 Å². The van der Waals surface area contributed by atoms with Crippen molar-refractivity contribution in [3.8, 4) is 0 Å². The zero-order chi connectivity index (χ0) is 21.8. The molecule has 0 saturated carbocycles. The second kappa shape index (κ2) is 9.67. The van der Waals surface area contributed by atoms with E-state index < -0.39 is 0 Å². The van der Waals surface area contributed by atoms with Crippen LogP contribution in [0.4, 0.5) is 17.8 Å². The van der Waals surface area contributed by atoms with Crippen LogP contribution < -0.4 is 9.80 Å². The lowest BCUT2D eigenvalue weighted by molar-refractivity contribution is 0.473. The zero-order valence-corrected chi connectivity index (χ0v) is 19.0. The molecule has 164 valence electrons. The first kappa shape index (κ1) is 21.6. The molecule has 0 N–H and O–H groups in total. The van der Waals surface area contributed by atoms with Gasteiger partial charge in [0, 0.05) is 32.4 Å². The molecule has 31 heavy (non-hydrogen) atoms. The average Bonchev–Trinajstić information content (AvgIpc) is 2.77. The largest absolute Gasteiger partial charge is 0.341 e. The van der Waals surface area contributed by atoms with Crippen molar-refractivity contribution in [1.29, 1.82) is 0 Å². The van der Waals surface area contributed by atoms with Gasteiger partial charge in [-0.1, -0.05) is 6.08 Å². The van der Waals surface area contributed by atoms with E-state index in [2.05, 4.69) is 70.0 Å². The Morgan fingerprint density at radius 2 is 1.35 bits per heavy atom. The summed E-state index contributed by atoms with van der Waals surface area (Å²) in [5, 5.41) is 0.459. The van der Waals surface area contributed by atoms with Crippen molar-refractivity contribution in [2.75, 3.05) is 36.0 Å². The minimum absolute atomic E-state index is 0.374. The Hall–Kier alpha value is -2.62. The average molecular weight is 440 g/mol. The van der Waals surface area contributed by atoms with Gasteiger partial charge in [-0.3, -0.25) is 0 Å². The van der Waals surface area contributed by atoms with Crippen LogP contribution >= 0.6 is 12.6 Å². The molecule has 2 fully saturated rings. The lowest BCUT2D eigenvalue weighted by Gasteiger charge is -2.30. The molecular weight excluding hydrogens is 410 g/mol. The number of nitrogens with zero attached hydrogens (tertiary/aromatic N) is 9. The van der Waals surface area contributed by atoms with Crippen molar-refractivity contribution in [2.24, 2.45) is 16.8 Å². The Balaban J connectivity index is 1.37. The fourth-order valence-corrected chi connectivity index (χ4v) is 4.24. The fraction of sp³-hybridized carbons (Fsp3) is 0.571. The van der Waals surface area contributed by atoms with Gasteiger partial charge in [0.2, 0.25) is 11.9 Å². The van der Waals surface area contributed by atoms with Crippen LogP contribution in [0.25, 0.3) is 0 Å². The minimum atomic E-state index is 0.374. The van der Waals surface area contributed by atoms with Gasteiger partial charge in [0.05, 0.1) is 0 Å². The standard InChI is InChI=1S/C21H29N9S/c1-4-16-5-9-29(10-6-16)19-24-14(2)23-18(27-19)22-13-17-7-11-30(12-8-17)20-25-15(3)26-21(31)28-20/h4,13,16-17H,1,5-12H2,2-3H3,(H,25,26,28,31)/b22-13+.